The molecule has 0 unspecified atom stereocenters. The third-order valence-corrected chi connectivity index (χ3v) is 5.72. The number of benzene rings is 2. The second-order valence-electron chi connectivity index (χ2n) is 7.98. The largest absolute Gasteiger partial charge is 0.497 e. The van der Waals surface area contributed by atoms with E-state index in [1.54, 1.807) is 7.11 Å². The average molecular weight is 424 g/mol. The van der Waals surface area contributed by atoms with Crippen LogP contribution in [0.4, 0.5) is 11.6 Å². The van der Waals surface area contributed by atoms with E-state index in [-0.39, 0.29) is 0 Å². The summed E-state index contributed by atoms with van der Waals surface area (Å²) < 4.78 is 5.30. The highest BCUT2D eigenvalue weighted by Gasteiger charge is 2.16. The third-order valence-electron chi connectivity index (χ3n) is 5.72. The van der Waals surface area contributed by atoms with Crippen molar-refractivity contribution in [1.29, 1.82) is 0 Å². The van der Waals surface area contributed by atoms with Crippen LogP contribution in [0.3, 0.4) is 0 Å². The SMILES string of the molecule is COc1cccc(Nc2ncc3c(n2)-c2ccc(C#CCN4CCCC4)cc2C=NC3)c1. The van der Waals surface area contributed by atoms with E-state index in [1.807, 2.05) is 36.7 Å². The predicted octanol–water partition coefficient (Wildman–Crippen LogP) is 4.28. The van der Waals surface area contributed by atoms with Gasteiger partial charge in [-0.15, -0.1) is 0 Å². The number of aliphatic imine (C=N–C) groups is 1. The number of rotatable bonds is 4. The van der Waals surface area contributed by atoms with Crippen molar-refractivity contribution in [2.75, 3.05) is 32.1 Å². The minimum Gasteiger partial charge on any atom is -0.497 e. The molecule has 1 N–H and O–H groups in total. The second-order valence-corrected chi connectivity index (χ2v) is 7.98. The quantitative estimate of drug-likeness (QED) is 0.635. The van der Waals surface area contributed by atoms with Gasteiger partial charge in [-0.25, -0.2) is 9.97 Å². The lowest BCUT2D eigenvalue weighted by molar-refractivity contribution is 0.383. The lowest BCUT2D eigenvalue weighted by Crippen LogP contribution is -2.18. The van der Waals surface area contributed by atoms with Crippen molar-refractivity contribution in [2.45, 2.75) is 19.4 Å². The average Bonchev–Trinajstić information content (AvgIpc) is 3.27. The fraction of sp³-hybridized carbons (Fsp3) is 0.269. The molecule has 2 aliphatic rings. The van der Waals surface area contributed by atoms with Gasteiger partial charge in [0.2, 0.25) is 5.95 Å². The molecule has 6 heteroatoms. The smallest absolute Gasteiger partial charge is 0.227 e. The molecule has 3 heterocycles. The summed E-state index contributed by atoms with van der Waals surface area (Å²) >= 11 is 0. The number of nitrogens with one attached hydrogen (secondary N) is 1. The van der Waals surface area contributed by atoms with Gasteiger partial charge >= 0.3 is 0 Å². The maximum absolute atomic E-state index is 5.30. The molecule has 1 saturated heterocycles. The summed E-state index contributed by atoms with van der Waals surface area (Å²) in [4.78, 5) is 16.3. The van der Waals surface area contributed by atoms with Gasteiger partial charge in [0.15, 0.2) is 0 Å². The number of fused-ring (bicyclic) bond motifs is 3. The molecule has 2 aromatic carbocycles. The van der Waals surface area contributed by atoms with Crippen molar-refractivity contribution in [3.05, 3.63) is 65.4 Å². The summed E-state index contributed by atoms with van der Waals surface area (Å²) in [6, 6.07) is 14.0. The maximum atomic E-state index is 5.30. The number of methoxy groups -OCH3 is 1. The zero-order valence-electron chi connectivity index (χ0n) is 18.1. The molecule has 3 aromatic rings. The molecule has 0 amide bonds. The van der Waals surface area contributed by atoms with Crippen LogP contribution in [0.15, 0.2) is 53.7 Å². The normalized spacial score (nSPS) is 14.7. The highest BCUT2D eigenvalue weighted by Crippen LogP contribution is 2.29. The Morgan fingerprint density at radius 1 is 1.12 bits per heavy atom. The van der Waals surface area contributed by atoms with Gasteiger partial charge in [0.05, 0.1) is 25.9 Å². The summed E-state index contributed by atoms with van der Waals surface area (Å²) in [5.41, 5.74) is 5.85. The molecular weight excluding hydrogens is 398 g/mol. The van der Waals surface area contributed by atoms with Crippen molar-refractivity contribution in [3.63, 3.8) is 0 Å². The Morgan fingerprint density at radius 3 is 2.91 bits per heavy atom. The van der Waals surface area contributed by atoms with Crippen LogP contribution in [0.1, 0.15) is 29.5 Å². The summed E-state index contributed by atoms with van der Waals surface area (Å²) in [7, 11) is 1.65. The van der Waals surface area contributed by atoms with E-state index in [9.17, 15) is 0 Å². The maximum Gasteiger partial charge on any atom is 0.227 e. The van der Waals surface area contributed by atoms with Gasteiger partial charge in [0.1, 0.15) is 5.75 Å². The Bertz CT molecular complexity index is 1220. The van der Waals surface area contributed by atoms with Crippen LogP contribution in [-0.2, 0) is 6.54 Å². The zero-order valence-corrected chi connectivity index (χ0v) is 18.1. The van der Waals surface area contributed by atoms with Gasteiger partial charge in [-0.05, 0) is 50.2 Å². The van der Waals surface area contributed by atoms with E-state index in [2.05, 4.69) is 50.2 Å². The van der Waals surface area contributed by atoms with Crippen LogP contribution < -0.4 is 10.1 Å². The van der Waals surface area contributed by atoms with Crippen molar-refractivity contribution < 1.29 is 4.74 Å². The molecule has 0 saturated carbocycles. The molecule has 5 rings (SSSR count). The van der Waals surface area contributed by atoms with Crippen molar-refractivity contribution in [2.24, 2.45) is 4.99 Å². The fourth-order valence-electron chi connectivity index (χ4n) is 4.05. The number of likely N-dealkylation sites (tertiary alicyclic amines) is 1. The van der Waals surface area contributed by atoms with E-state index in [0.717, 1.165) is 59.0 Å². The summed E-state index contributed by atoms with van der Waals surface area (Å²) in [6.45, 7) is 3.71. The second kappa shape index (κ2) is 9.21. The van der Waals surface area contributed by atoms with E-state index < -0.39 is 0 Å². The molecule has 2 aliphatic heterocycles. The minimum absolute atomic E-state index is 0.541. The number of hydrogen-bond donors (Lipinski definition) is 1. The number of ether oxygens (including phenoxy) is 1. The molecule has 0 spiro atoms. The topological polar surface area (TPSA) is 62.6 Å². The van der Waals surface area contributed by atoms with Crippen LogP contribution >= 0.6 is 0 Å². The zero-order chi connectivity index (χ0) is 21.8. The van der Waals surface area contributed by atoms with Crippen LogP contribution in [0.25, 0.3) is 11.3 Å². The first-order valence-corrected chi connectivity index (χ1v) is 10.9. The first-order valence-electron chi connectivity index (χ1n) is 10.9. The molecule has 1 aromatic heterocycles. The Morgan fingerprint density at radius 2 is 2.03 bits per heavy atom. The van der Waals surface area contributed by atoms with E-state index in [0.29, 0.717) is 12.5 Å². The number of nitrogens with zero attached hydrogens (tertiary/aromatic N) is 4. The van der Waals surface area contributed by atoms with Crippen molar-refractivity contribution in [3.8, 4) is 28.8 Å². The summed E-state index contributed by atoms with van der Waals surface area (Å²) in [5, 5.41) is 3.28. The van der Waals surface area contributed by atoms with Gasteiger partial charge in [0.25, 0.3) is 0 Å². The minimum atomic E-state index is 0.541. The van der Waals surface area contributed by atoms with Gasteiger partial charge in [0, 0.05) is 46.4 Å². The van der Waals surface area contributed by atoms with Gasteiger partial charge in [-0.2, -0.15) is 0 Å². The highest BCUT2D eigenvalue weighted by molar-refractivity contribution is 5.92. The van der Waals surface area contributed by atoms with Crippen LogP contribution in [0.5, 0.6) is 5.75 Å². The monoisotopic (exact) mass is 423 g/mol. The lowest BCUT2D eigenvalue weighted by Gasteiger charge is -2.11. The predicted molar refractivity (Wildman–Crippen MR) is 128 cm³/mol. The Labute approximate surface area is 188 Å². The van der Waals surface area contributed by atoms with Crippen molar-refractivity contribution in [1.82, 2.24) is 14.9 Å². The van der Waals surface area contributed by atoms with E-state index >= 15 is 0 Å². The summed E-state index contributed by atoms with van der Waals surface area (Å²) in [6.07, 6.45) is 6.33. The first-order chi connectivity index (χ1) is 15.8. The molecule has 0 aliphatic carbocycles. The molecule has 0 atom stereocenters. The highest BCUT2D eigenvalue weighted by atomic mass is 16.5. The Kier molecular flexibility index (Phi) is 5.82. The van der Waals surface area contributed by atoms with Gasteiger partial charge in [-0.1, -0.05) is 24.0 Å². The molecule has 1 fully saturated rings. The molecular formula is C26H25N5O. The molecule has 32 heavy (non-hydrogen) atoms. The number of hydrogen-bond acceptors (Lipinski definition) is 6. The van der Waals surface area contributed by atoms with Gasteiger partial charge in [-0.3, -0.25) is 9.89 Å². The molecule has 0 bridgehead atoms. The van der Waals surface area contributed by atoms with E-state index in [4.69, 9.17) is 9.72 Å². The van der Waals surface area contributed by atoms with Crippen molar-refractivity contribution >= 4 is 17.9 Å². The Balaban J connectivity index is 1.41. The molecule has 6 nitrogen and oxygen atoms in total. The van der Waals surface area contributed by atoms with Gasteiger partial charge < -0.3 is 10.1 Å². The van der Waals surface area contributed by atoms with Crippen LogP contribution in [0, 0.1) is 11.8 Å². The Hall–Kier alpha value is -3.69. The van der Waals surface area contributed by atoms with E-state index in [1.165, 1.54) is 12.8 Å². The standard InChI is InChI=1S/C26H25N5O/c1-32-23-8-4-7-22(15-23)29-26-28-18-21-17-27-16-20-14-19(9-10-24(20)25(21)30-26)6-5-13-31-11-2-3-12-31/h4,7-10,14-16,18H,2-3,11-13,17H2,1H3,(H,28,29,30). The molecule has 0 radical (unpaired) electrons. The number of aromatic nitrogens is 2. The lowest BCUT2D eigenvalue weighted by atomic mass is 10.0. The summed E-state index contributed by atoms with van der Waals surface area (Å²) in [5.74, 6) is 7.95. The molecule has 160 valence electrons. The number of anilines is 2. The fourth-order valence-corrected chi connectivity index (χ4v) is 4.05. The third kappa shape index (κ3) is 4.48. The van der Waals surface area contributed by atoms with Crippen LogP contribution in [0.2, 0.25) is 0 Å². The first kappa shape index (κ1) is 20.2. The van der Waals surface area contributed by atoms with Crippen LogP contribution in [-0.4, -0.2) is 47.8 Å².